The van der Waals surface area contributed by atoms with E-state index in [1.165, 1.54) is 18.2 Å². The highest BCUT2D eigenvalue weighted by molar-refractivity contribution is 7.90. The number of sulfonamides is 1. The molecule has 0 atom stereocenters. The molecule has 6 rings (SSSR count). The first-order valence-corrected chi connectivity index (χ1v) is 15.2. The number of hydrogen-bond donors (Lipinski definition) is 2. The summed E-state index contributed by atoms with van der Waals surface area (Å²) in [5.74, 6) is -0.297. The maximum Gasteiger partial charge on any atom is 0.268 e. The van der Waals surface area contributed by atoms with E-state index in [0.717, 1.165) is 11.6 Å². The number of carbonyl (C=O) groups is 1. The molecule has 11 nitrogen and oxygen atoms in total. The molecule has 0 radical (unpaired) electrons. The highest BCUT2D eigenvalue weighted by Gasteiger charge is 2.39. The van der Waals surface area contributed by atoms with E-state index >= 15 is 4.39 Å². The number of aromatic nitrogens is 2. The molecule has 222 valence electrons. The van der Waals surface area contributed by atoms with Gasteiger partial charge in [-0.15, -0.1) is 0 Å². The van der Waals surface area contributed by atoms with Crippen LogP contribution in [-0.4, -0.2) is 74.0 Å². The van der Waals surface area contributed by atoms with Crippen LogP contribution in [0.1, 0.15) is 28.8 Å². The maximum absolute atomic E-state index is 15.4. The number of carbonyl (C=O) groups excluding carboxylic acids is 1. The van der Waals surface area contributed by atoms with Gasteiger partial charge in [0.2, 0.25) is 0 Å². The van der Waals surface area contributed by atoms with E-state index < -0.39 is 21.6 Å². The maximum atomic E-state index is 15.4. The first-order valence-electron chi connectivity index (χ1n) is 13.7. The highest BCUT2D eigenvalue weighted by atomic mass is 32.2. The van der Waals surface area contributed by atoms with Crippen LogP contribution >= 0.6 is 0 Å². The van der Waals surface area contributed by atoms with Gasteiger partial charge in [0.1, 0.15) is 35.6 Å². The Kier molecular flexibility index (Phi) is 7.74. The minimum Gasteiger partial charge on any atom is -0.489 e. The van der Waals surface area contributed by atoms with Gasteiger partial charge in [-0.05, 0) is 55.3 Å². The van der Waals surface area contributed by atoms with Crippen molar-refractivity contribution in [1.82, 2.24) is 19.8 Å². The number of nitrogens with zero attached hydrogens (tertiary/aromatic N) is 3. The van der Waals surface area contributed by atoms with Crippen LogP contribution in [-0.2, 0) is 14.8 Å². The zero-order chi connectivity index (χ0) is 30.0. The van der Waals surface area contributed by atoms with E-state index in [1.54, 1.807) is 36.5 Å². The summed E-state index contributed by atoms with van der Waals surface area (Å²) in [7, 11) is -4.40. The smallest absolute Gasteiger partial charge is 0.268 e. The molecular weight excluding hydrogens is 577 g/mol. The Hall–Kier alpha value is -4.51. The third kappa shape index (κ3) is 6.03. The highest BCUT2D eigenvalue weighted by Crippen LogP contribution is 2.33. The Labute approximate surface area is 247 Å². The van der Waals surface area contributed by atoms with E-state index in [0.29, 0.717) is 43.5 Å². The Balaban J connectivity index is 1.13. The fourth-order valence-electron chi connectivity index (χ4n) is 5.09. The van der Waals surface area contributed by atoms with Gasteiger partial charge in [0.15, 0.2) is 0 Å². The molecule has 2 aliphatic rings. The molecule has 43 heavy (non-hydrogen) atoms. The lowest BCUT2D eigenvalue weighted by Crippen LogP contribution is -2.55. The molecule has 2 fully saturated rings. The summed E-state index contributed by atoms with van der Waals surface area (Å²) < 4.78 is 60.7. The summed E-state index contributed by atoms with van der Waals surface area (Å²) in [5, 5.41) is 17.2. The number of amides is 1. The number of hydrogen-bond acceptors (Lipinski definition) is 9. The molecule has 0 unspecified atom stereocenters. The van der Waals surface area contributed by atoms with Crippen LogP contribution in [0.25, 0.3) is 10.9 Å². The van der Waals surface area contributed by atoms with Crippen LogP contribution in [0.4, 0.5) is 4.39 Å². The van der Waals surface area contributed by atoms with Crippen LogP contribution in [0.5, 0.6) is 17.2 Å². The van der Waals surface area contributed by atoms with Gasteiger partial charge in [-0.3, -0.25) is 14.8 Å². The normalized spacial score (nSPS) is 17.1. The average Bonchev–Trinajstić information content (AvgIpc) is 3.47. The number of nitrogens with one attached hydrogen (secondary N) is 2. The number of halogens is 1. The molecule has 2 aliphatic heterocycles. The van der Waals surface area contributed by atoms with Gasteiger partial charge in [0.05, 0.1) is 52.4 Å². The van der Waals surface area contributed by atoms with Gasteiger partial charge >= 0.3 is 0 Å². The lowest BCUT2D eigenvalue weighted by atomic mass is 9.93. The molecule has 3 heterocycles. The van der Waals surface area contributed by atoms with Crippen molar-refractivity contribution in [3.8, 4) is 23.3 Å². The first kappa shape index (κ1) is 28.6. The Morgan fingerprint density at radius 1 is 1.12 bits per heavy atom. The minimum atomic E-state index is -4.40. The van der Waals surface area contributed by atoms with E-state index in [4.69, 9.17) is 14.2 Å². The number of ether oxygens (including phenoxy) is 3. The van der Waals surface area contributed by atoms with Crippen LogP contribution in [0.3, 0.4) is 0 Å². The van der Waals surface area contributed by atoms with Gasteiger partial charge in [-0.1, -0.05) is 18.2 Å². The van der Waals surface area contributed by atoms with Crippen molar-refractivity contribution in [2.75, 3.05) is 32.9 Å². The van der Waals surface area contributed by atoms with E-state index in [1.807, 2.05) is 16.9 Å². The topological polar surface area (TPSA) is 147 Å². The van der Waals surface area contributed by atoms with Crippen LogP contribution in [0.15, 0.2) is 71.8 Å². The molecule has 0 bridgehead atoms. The monoisotopic (exact) mass is 605 g/mol. The van der Waals surface area contributed by atoms with Crippen molar-refractivity contribution in [3.05, 3.63) is 78.0 Å². The average molecular weight is 606 g/mol. The quantitative estimate of drug-likeness (QED) is 0.290. The molecule has 1 aromatic heterocycles. The fourth-order valence-corrected chi connectivity index (χ4v) is 6.08. The summed E-state index contributed by atoms with van der Waals surface area (Å²) in [6.07, 6.45) is 2.15. The molecular formula is C30H28FN5O6S. The second kappa shape index (κ2) is 11.6. The van der Waals surface area contributed by atoms with Crippen molar-refractivity contribution in [2.24, 2.45) is 0 Å². The number of nitriles is 1. The second-order valence-electron chi connectivity index (χ2n) is 10.6. The summed E-state index contributed by atoms with van der Waals surface area (Å²) in [5.41, 5.74) is -0.948. The van der Waals surface area contributed by atoms with Crippen LogP contribution < -0.4 is 14.2 Å². The van der Waals surface area contributed by atoms with Crippen molar-refractivity contribution in [1.29, 1.82) is 5.26 Å². The number of H-pyrrole nitrogens is 1. The second-order valence-corrected chi connectivity index (χ2v) is 12.2. The summed E-state index contributed by atoms with van der Waals surface area (Å²) >= 11 is 0. The minimum absolute atomic E-state index is 0.0174. The molecule has 3 aromatic carbocycles. The predicted octanol–water partition coefficient (Wildman–Crippen LogP) is 3.93. The number of fused-ring (bicyclic) bond motifs is 1. The molecule has 13 heteroatoms. The van der Waals surface area contributed by atoms with E-state index in [-0.39, 0.29) is 47.0 Å². The molecule has 2 N–H and O–H groups in total. The Bertz CT molecular complexity index is 1810. The lowest BCUT2D eigenvalue weighted by Gasteiger charge is -2.43. The number of alkyl halides is 1. The zero-order valence-corrected chi connectivity index (χ0v) is 23.8. The third-order valence-electron chi connectivity index (χ3n) is 7.72. The molecule has 4 aromatic rings. The summed E-state index contributed by atoms with van der Waals surface area (Å²) in [4.78, 5) is 15.0. The van der Waals surface area contributed by atoms with E-state index in [2.05, 4.69) is 15.1 Å². The molecule has 2 saturated heterocycles. The van der Waals surface area contributed by atoms with Gasteiger partial charge in [-0.2, -0.15) is 10.4 Å². The zero-order valence-electron chi connectivity index (χ0n) is 23.0. The van der Waals surface area contributed by atoms with E-state index in [9.17, 15) is 18.5 Å². The predicted molar refractivity (Wildman–Crippen MR) is 153 cm³/mol. The van der Waals surface area contributed by atoms with Crippen molar-refractivity contribution < 1.29 is 31.8 Å². The summed E-state index contributed by atoms with van der Waals surface area (Å²) in [6.45, 7) is 2.25. The number of benzene rings is 3. The van der Waals surface area contributed by atoms with Gasteiger partial charge < -0.3 is 14.2 Å². The third-order valence-corrected chi connectivity index (χ3v) is 9.05. The van der Waals surface area contributed by atoms with Crippen molar-refractivity contribution in [3.63, 3.8) is 0 Å². The Morgan fingerprint density at radius 2 is 1.88 bits per heavy atom. The molecule has 0 spiro atoms. The molecule has 0 saturated carbocycles. The van der Waals surface area contributed by atoms with Gasteiger partial charge in [0, 0.05) is 13.1 Å². The first-order chi connectivity index (χ1) is 20.7. The number of piperidine rings is 1. The SMILES string of the molecule is N#Cc1cc(S(=O)(=O)NC(=O)c2ccccc2Oc2cccc3[nH]ncc23)ccc1OCC1(F)CCN(C2COC2)CC1. The van der Waals surface area contributed by atoms with Crippen LogP contribution in [0.2, 0.25) is 0 Å². The van der Waals surface area contributed by atoms with Gasteiger partial charge in [-0.25, -0.2) is 17.5 Å². The summed E-state index contributed by atoms with van der Waals surface area (Å²) in [6, 6.07) is 17.3. The number of aromatic amines is 1. The molecule has 1 amide bonds. The van der Waals surface area contributed by atoms with Crippen molar-refractivity contribution in [2.45, 2.75) is 29.4 Å². The lowest BCUT2D eigenvalue weighted by molar-refractivity contribution is -0.0890. The number of likely N-dealkylation sites (tertiary alicyclic amines) is 1. The number of rotatable bonds is 9. The Morgan fingerprint density at radius 3 is 2.63 bits per heavy atom. The standard InChI is InChI=1S/C30H28FN5O6S/c31-30(10-12-36(13-11-30)21-17-40-18-21)19-41-26-9-8-22(14-20(26)15-32)43(38,39)35-29(37)23-4-1-2-6-27(23)42-28-7-3-5-25-24(28)16-33-34-25/h1-9,14,16,21H,10-13,17-19H2,(H,33,34)(H,35,37). The number of para-hydroxylation sites is 1. The largest absolute Gasteiger partial charge is 0.489 e. The fraction of sp³-hybridized carbons (Fsp3) is 0.300. The molecule has 0 aliphatic carbocycles. The van der Waals surface area contributed by atoms with Crippen molar-refractivity contribution >= 4 is 26.8 Å². The van der Waals surface area contributed by atoms with Crippen LogP contribution in [0, 0.1) is 11.3 Å². The van der Waals surface area contributed by atoms with Gasteiger partial charge in [0.25, 0.3) is 15.9 Å².